The van der Waals surface area contributed by atoms with Gasteiger partial charge in [0, 0.05) is 18.2 Å². The van der Waals surface area contributed by atoms with Crippen molar-refractivity contribution < 1.29 is 9.90 Å². The number of carbonyl (C=O) groups excluding carboxylic acids is 1. The van der Waals surface area contributed by atoms with E-state index >= 15 is 0 Å². The molecule has 1 atom stereocenters. The molecule has 94 valence electrons. The molecule has 4 heteroatoms. The lowest BCUT2D eigenvalue weighted by atomic mass is 10.1. The Morgan fingerprint density at radius 1 is 1.47 bits per heavy atom. The second-order valence-electron chi connectivity index (χ2n) is 4.11. The molecule has 0 aromatic heterocycles. The minimum Gasteiger partial charge on any atom is -0.508 e. The monoisotopic (exact) mass is 236 g/mol. The predicted octanol–water partition coefficient (Wildman–Crippen LogP) is 1.18. The molecule has 0 aliphatic heterocycles. The number of amides is 1. The largest absolute Gasteiger partial charge is 0.508 e. The van der Waals surface area contributed by atoms with Crippen LogP contribution in [0.3, 0.4) is 0 Å². The maximum atomic E-state index is 11.6. The number of para-hydroxylation sites is 1. The van der Waals surface area contributed by atoms with Crippen LogP contribution in [0.4, 0.5) is 0 Å². The highest BCUT2D eigenvalue weighted by molar-refractivity contribution is 5.79. The Bertz CT molecular complexity index is 366. The molecule has 4 nitrogen and oxygen atoms in total. The molecule has 0 bridgehead atoms. The molecule has 1 aromatic rings. The molecular formula is C13H20N2O2. The van der Waals surface area contributed by atoms with Crippen molar-refractivity contribution >= 4 is 5.91 Å². The van der Waals surface area contributed by atoms with Crippen LogP contribution in [0.1, 0.15) is 25.3 Å². The van der Waals surface area contributed by atoms with E-state index in [1.54, 1.807) is 24.3 Å². The smallest absolute Gasteiger partial charge is 0.224 e. The molecule has 1 aromatic carbocycles. The zero-order valence-electron chi connectivity index (χ0n) is 10.1. The van der Waals surface area contributed by atoms with Gasteiger partial charge in [-0.05, 0) is 18.9 Å². The molecule has 0 aliphatic carbocycles. The van der Waals surface area contributed by atoms with Crippen molar-refractivity contribution in [3.63, 3.8) is 0 Å². The molecular weight excluding hydrogens is 216 g/mol. The first-order valence-corrected chi connectivity index (χ1v) is 5.92. The van der Waals surface area contributed by atoms with E-state index in [9.17, 15) is 9.90 Å². The van der Waals surface area contributed by atoms with Crippen LogP contribution in [0.5, 0.6) is 5.75 Å². The summed E-state index contributed by atoms with van der Waals surface area (Å²) in [4.78, 5) is 11.6. The SMILES string of the molecule is CCC(N)CCNC(=O)Cc1ccccc1O. The molecule has 0 spiro atoms. The van der Waals surface area contributed by atoms with E-state index in [0.717, 1.165) is 12.8 Å². The second kappa shape index (κ2) is 6.91. The van der Waals surface area contributed by atoms with E-state index in [4.69, 9.17) is 5.73 Å². The molecule has 0 saturated carbocycles. The Balaban J connectivity index is 2.33. The van der Waals surface area contributed by atoms with Crippen molar-refractivity contribution in [2.75, 3.05) is 6.54 Å². The number of carbonyl (C=O) groups is 1. The van der Waals surface area contributed by atoms with Crippen molar-refractivity contribution in [2.24, 2.45) is 5.73 Å². The lowest BCUT2D eigenvalue weighted by Gasteiger charge is -2.10. The van der Waals surface area contributed by atoms with Crippen LogP contribution in [0.25, 0.3) is 0 Å². The molecule has 4 N–H and O–H groups in total. The first-order chi connectivity index (χ1) is 8.13. The van der Waals surface area contributed by atoms with Gasteiger partial charge in [-0.3, -0.25) is 4.79 Å². The van der Waals surface area contributed by atoms with Gasteiger partial charge in [-0.25, -0.2) is 0 Å². The fourth-order valence-electron chi connectivity index (χ4n) is 1.50. The fraction of sp³-hybridized carbons (Fsp3) is 0.462. The van der Waals surface area contributed by atoms with Gasteiger partial charge in [0.25, 0.3) is 0 Å². The Kier molecular flexibility index (Phi) is 5.49. The van der Waals surface area contributed by atoms with Crippen LogP contribution in [-0.2, 0) is 11.2 Å². The zero-order chi connectivity index (χ0) is 12.7. The summed E-state index contributed by atoms with van der Waals surface area (Å²) in [6, 6.07) is 7.00. The van der Waals surface area contributed by atoms with Crippen molar-refractivity contribution in [2.45, 2.75) is 32.2 Å². The molecule has 1 unspecified atom stereocenters. The van der Waals surface area contributed by atoms with Crippen molar-refractivity contribution in [1.29, 1.82) is 0 Å². The van der Waals surface area contributed by atoms with Crippen LogP contribution in [-0.4, -0.2) is 23.6 Å². The van der Waals surface area contributed by atoms with Gasteiger partial charge in [0.1, 0.15) is 5.75 Å². The Morgan fingerprint density at radius 3 is 2.82 bits per heavy atom. The van der Waals surface area contributed by atoms with Gasteiger partial charge in [0.15, 0.2) is 0 Å². The second-order valence-corrected chi connectivity index (χ2v) is 4.11. The number of hydrogen-bond donors (Lipinski definition) is 3. The fourth-order valence-corrected chi connectivity index (χ4v) is 1.50. The summed E-state index contributed by atoms with van der Waals surface area (Å²) in [5.41, 5.74) is 6.39. The van der Waals surface area contributed by atoms with Gasteiger partial charge >= 0.3 is 0 Å². The molecule has 0 saturated heterocycles. The highest BCUT2D eigenvalue weighted by atomic mass is 16.3. The summed E-state index contributed by atoms with van der Waals surface area (Å²) in [5.74, 6) is 0.0720. The summed E-state index contributed by atoms with van der Waals surface area (Å²) in [6.45, 7) is 2.61. The molecule has 0 radical (unpaired) electrons. The highest BCUT2D eigenvalue weighted by Gasteiger charge is 2.07. The maximum Gasteiger partial charge on any atom is 0.224 e. The van der Waals surface area contributed by atoms with Gasteiger partial charge in [-0.1, -0.05) is 25.1 Å². The van der Waals surface area contributed by atoms with Crippen LogP contribution in [0, 0.1) is 0 Å². The van der Waals surface area contributed by atoms with Crippen molar-refractivity contribution in [3.8, 4) is 5.75 Å². The Morgan fingerprint density at radius 2 is 2.18 bits per heavy atom. The van der Waals surface area contributed by atoms with Crippen molar-refractivity contribution in [3.05, 3.63) is 29.8 Å². The van der Waals surface area contributed by atoms with Gasteiger partial charge < -0.3 is 16.2 Å². The van der Waals surface area contributed by atoms with Crippen LogP contribution < -0.4 is 11.1 Å². The summed E-state index contributed by atoms with van der Waals surface area (Å²) < 4.78 is 0. The molecule has 17 heavy (non-hydrogen) atoms. The highest BCUT2D eigenvalue weighted by Crippen LogP contribution is 2.15. The number of nitrogens with one attached hydrogen (secondary N) is 1. The number of nitrogens with two attached hydrogens (primary N) is 1. The lowest BCUT2D eigenvalue weighted by molar-refractivity contribution is -0.120. The zero-order valence-corrected chi connectivity index (χ0v) is 10.1. The number of aromatic hydroxyl groups is 1. The van der Waals surface area contributed by atoms with Crippen LogP contribution >= 0.6 is 0 Å². The van der Waals surface area contributed by atoms with E-state index in [1.165, 1.54) is 0 Å². The molecule has 0 heterocycles. The number of benzene rings is 1. The quantitative estimate of drug-likeness (QED) is 0.694. The van der Waals surface area contributed by atoms with E-state index in [1.807, 2.05) is 6.92 Å². The number of phenols is 1. The average Bonchev–Trinajstić information content (AvgIpc) is 2.32. The van der Waals surface area contributed by atoms with Crippen LogP contribution in [0.15, 0.2) is 24.3 Å². The summed E-state index contributed by atoms with van der Waals surface area (Å²) in [5, 5.41) is 12.3. The van der Waals surface area contributed by atoms with Gasteiger partial charge in [-0.15, -0.1) is 0 Å². The summed E-state index contributed by atoms with van der Waals surface area (Å²) in [7, 11) is 0. The Labute approximate surface area is 102 Å². The van der Waals surface area contributed by atoms with E-state index in [0.29, 0.717) is 12.1 Å². The minimum atomic E-state index is -0.0881. The van der Waals surface area contributed by atoms with Gasteiger partial charge in [0.05, 0.1) is 6.42 Å². The first kappa shape index (κ1) is 13.5. The van der Waals surface area contributed by atoms with Crippen LogP contribution in [0.2, 0.25) is 0 Å². The summed E-state index contributed by atoms with van der Waals surface area (Å²) in [6.07, 6.45) is 1.90. The first-order valence-electron chi connectivity index (χ1n) is 5.92. The van der Waals surface area contributed by atoms with E-state index in [-0.39, 0.29) is 24.1 Å². The predicted molar refractivity (Wildman–Crippen MR) is 67.7 cm³/mol. The molecule has 0 aliphatic rings. The summed E-state index contributed by atoms with van der Waals surface area (Å²) >= 11 is 0. The third-order valence-corrected chi connectivity index (χ3v) is 2.70. The van der Waals surface area contributed by atoms with E-state index in [2.05, 4.69) is 5.32 Å². The lowest BCUT2D eigenvalue weighted by Crippen LogP contribution is -2.30. The van der Waals surface area contributed by atoms with Gasteiger partial charge in [-0.2, -0.15) is 0 Å². The minimum absolute atomic E-state index is 0.0881. The van der Waals surface area contributed by atoms with E-state index < -0.39 is 0 Å². The third kappa shape index (κ3) is 4.87. The molecule has 1 amide bonds. The third-order valence-electron chi connectivity index (χ3n) is 2.70. The normalized spacial score (nSPS) is 12.1. The number of hydrogen-bond acceptors (Lipinski definition) is 3. The number of rotatable bonds is 6. The number of phenolic OH excluding ortho intramolecular Hbond substituents is 1. The average molecular weight is 236 g/mol. The maximum absolute atomic E-state index is 11.6. The topological polar surface area (TPSA) is 75.3 Å². The standard InChI is InChI=1S/C13H20N2O2/c1-2-11(14)7-8-15-13(17)9-10-5-3-4-6-12(10)16/h3-6,11,16H,2,7-9,14H2,1H3,(H,15,17). The van der Waals surface area contributed by atoms with Crippen molar-refractivity contribution in [1.82, 2.24) is 5.32 Å². The molecule has 0 fully saturated rings. The Hall–Kier alpha value is -1.55. The molecule has 1 rings (SSSR count). The van der Waals surface area contributed by atoms with Gasteiger partial charge in [0.2, 0.25) is 5.91 Å².